The van der Waals surface area contributed by atoms with Crippen LogP contribution in [0.15, 0.2) is 42.5 Å². The van der Waals surface area contributed by atoms with Gasteiger partial charge in [0.25, 0.3) is 5.91 Å². The summed E-state index contributed by atoms with van der Waals surface area (Å²) < 4.78 is 31.3. The van der Waals surface area contributed by atoms with Gasteiger partial charge >= 0.3 is 0 Å². The molecule has 2 heterocycles. The number of anilines is 1. The maximum atomic E-state index is 12.8. The van der Waals surface area contributed by atoms with Gasteiger partial charge in [0, 0.05) is 24.1 Å². The van der Waals surface area contributed by atoms with Gasteiger partial charge in [-0.2, -0.15) is 0 Å². The van der Waals surface area contributed by atoms with Crippen LogP contribution in [0, 0.1) is 6.92 Å². The van der Waals surface area contributed by atoms with Crippen molar-refractivity contribution in [3.8, 4) is 5.75 Å². The number of aryl methyl sites for hydroxylation is 1. The van der Waals surface area contributed by atoms with Crippen molar-refractivity contribution in [1.82, 2.24) is 5.32 Å². The van der Waals surface area contributed by atoms with Gasteiger partial charge in [-0.1, -0.05) is 18.2 Å². The number of amides is 1. The van der Waals surface area contributed by atoms with Gasteiger partial charge in [-0.05, 0) is 43.2 Å². The van der Waals surface area contributed by atoms with E-state index in [0.717, 1.165) is 16.9 Å². The number of nitrogens with zero attached hydrogens (tertiary/aromatic N) is 1. The third-order valence-corrected chi connectivity index (χ3v) is 6.98. The molecule has 0 spiro atoms. The topological polar surface area (TPSA) is 75.7 Å². The Labute approximate surface area is 159 Å². The smallest absolute Gasteiger partial charge is 0.252 e. The second kappa shape index (κ2) is 6.88. The van der Waals surface area contributed by atoms with E-state index in [4.69, 9.17) is 4.74 Å². The highest BCUT2D eigenvalue weighted by Gasteiger charge is 2.29. The van der Waals surface area contributed by atoms with Crippen molar-refractivity contribution >= 4 is 21.6 Å². The second-order valence-electron chi connectivity index (χ2n) is 6.94. The van der Waals surface area contributed by atoms with Gasteiger partial charge in [0.2, 0.25) is 10.0 Å². The van der Waals surface area contributed by atoms with Crippen molar-refractivity contribution in [1.29, 1.82) is 0 Å². The van der Waals surface area contributed by atoms with Gasteiger partial charge in [0.1, 0.15) is 5.75 Å². The highest BCUT2D eigenvalue weighted by atomic mass is 32.2. The molecule has 2 aliphatic heterocycles. The summed E-state index contributed by atoms with van der Waals surface area (Å²) in [6.07, 6.45) is 1.35. The molecular formula is C20H22N2O4S. The molecule has 0 saturated carbocycles. The van der Waals surface area contributed by atoms with Crippen LogP contribution in [-0.2, 0) is 10.0 Å². The van der Waals surface area contributed by atoms with Crippen molar-refractivity contribution in [2.24, 2.45) is 0 Å². The Balaban J connectivity index is 1.55. The number of hydrogen-bond acceptors (Lipinski definition) is 4. The van der Waals surface area contributed by atoms with Gasteiger partial charge in [-0.25, -0.2) is 8.42 Å². The van der Waals surface area contributed by atoms with Crippen LogP contribution in [0.4, 0.5) is 5.69 Å². The molecule has 0 aromatic heterocycles. The Bertz CT molecular complexity index is 987. The first-order valence-electron chi connectivity index (χ1n) is 9.09. The number of rotatable bonds is 3. The number of nitrogens with one attached hydrogen (secondary N) is 1. The van der Waals surface area contributed by atoms with E-state index in [-0.39, 0.29) is 17.7 Å². The van der Waals surface area contributed by atoms with Crippen molar-refractivity contribution in [2.45, 2.75) is 25.8 Å². The Hall–Kier alpha value is -2.54. The van der Waals surface area contributed by atoms with Crippen molar-refractivity contribution in [2.75, 3.05) is 23.2 Å². The monoisotopic (exact) mass is 386 g/mol. The zero-order chi connectivity index (χ0) is 19.0. The number of carbonyl (C=O) groups is 1. The minimum absolute atomic E-state index is 0.0968. The zero-order valence-electron chi connectivity index (χ0n) is 15.1. The summed E-state index contributed by atoms with van der Waals surface area (Å²) >= 11 is 0. The lowest BCUT2D eigenvalue weighted by molar-refractivity contribution is 0.0924. The van der Waals surface area contributed by atoms with Crippen LogP contribution in [0.1, 0.15) is 40.4 Å². The van der Waals surface area contributed by atoms with E-state index in [1.54, 1.807) is 18.2 Å². The molecule has 1 fully saturated rings. The summed E-state index contributed by atoms with van der Waals surface area (Å²) in [5, 5.41) is 3.09. The summed E-state index contributed by atoms with van der Waals surface area (Å²) in [5.74, 6) is 0.822. The van der Waals surface area contributed by atoms with Crippen LogP contribution < -0.4 is 14.4 Å². The number of hydrogen-bond donors (Lipinski definition) is 1. The Kier molecular flexibility index (Phi) is 4.55. The van der Waals surface area contributed by atoms with Gasteiger partial charge in [-0.3, -0.25) is 9.10 Å². The molecular weight excluding hydrogens is 364 g/mol. The molecule has 1 N–H and O–H groups in total. The molecule has 1 unspecified atom stereocenters. The number of para-hydroxylation sites is 1. The maximum absolute atomic E-state index is 12.8. The highest BCUT2D eigenvalue weighted by molar-refractivity contribution is 7.93. The molecule has 1 saturated heterocycles. The first-order chi connectivity index (χ1) is 13.0. The van der Waals surface area contributed by atoms with Crippen LogP contribution in [0.2, 0.25) is 0 Å². The minimum Gasteiger partial charge on any atom is -0.493 e. The standard InChI is InChI=1S/C20H22N2O4S/c1-14-13-15(22-10-4-12-27(22,24)25)7-8-16(14)20(23)21-18-9-11-26-19-6-3-2-5-17(18)19/h2-3,5-8,13,18H,4,9-12H2,1H3,(H,21,23). The summed E-state index contributed by atoms with van der Waals surface area (Å²) in [6.45, 7) is 2.89. The van der Waals surface area contributed by atoms with Crippen LogP contribution >= 0.6 is 0 Å². The lowest BCUT2D eigenvalue weighted by Crippen LogP contribution is -2.32. The Morgan fingerprint density at radius 2 is 2.04 bits per heavy atom. The van der Waals surface area contributed by atoms with Crippen LogP contribution in [0.5, 0.6) is 5.75 Å². The largest absolute Gasteiger partial charge is 0.493 e. The third kappa shape index (κ3) is 3.39. The van der Waals surface area contributed by atoms with E-state index in [0.29, 0.717) is 37.2 Å². The summed E-state index contributed by atoms with van der Waals surface area (Å²) in [7, 11) is -3.23. The van der Waals surface area contributed by atoms with Gasteiger partial charge in [0.15, 0.2) is 0 Å². The van der Waals surface area contributed by atoms with E-state index in [1.165, 1.54) is 4.31 Å². The first kappa shape index (κ1) is 17.9. The fourth-order valence-corrected chi connectivity index (χ4v) is 5.27. The number of ether oxygens (including phenoxy) is 1. The molecule has 0 aliphatic carbocycles. The van der Waals surface area contributed by atoms with Gasteiger partial charge in [-0.15, -0.1) is 0 Å². The normalized spacial score (nSPS) is 20.6. The predicted molar refractivity (Wildman–Crippen MR) is 104 cm³/mol. The van der Waals surface area contributed by atoms with E-state index in [9.17, 15) is 13.2 Å². The van der Waals surface area contributed by atoms with Crippen molar-refractivity contribution < 1.29 is 17.9 Å². The molecule has 2 aliphatic rings. The maximum Gasteiger partial charge on any atom is 0.252 e. The average Bonchev–Trinajstić information content (AvgIpc) is 3.01. The molecule has 0 bridgehead atoms. The Morgan fingerprint density at radius 1 is 1.22 bits per heavy atom. The minimum atomic E-state index is -3.23. The fourth-order valence-electron chi connectivity index (χ4n) is 3.72. The number of sulfonamides is 1. The van der Waals surface area contributed by atoms with Crippen molar-refractivity contribution in [3.63, 3.8) is 0 Å². The molecule has 2 aromatic rings. The predicted octanol–water partition coefficient (Wildman–Crippen LogP) is 2.79. The lowest BCUT2D eigenvalue weighted by atomic mass is 9.99. The quantitative estimate of drug-likeness (QED) is 0.880. The molecule has 7 heteroatoms. The van der Waals surface area contributed by atoms with E-state index >= 15 is 0 Å². The molecule has 4 rings (SSSR count). The number of carbonyl (C=O) groups excluding carboxylic acids is 1. The van der Waals surface area contributed by atoms with E-state index < -0.39 is 10.0 Å². The lowest BCUT2D eigenvalue weighted by Gasteiger charge is -2.27. The van der Waals surface area contributed by atoms with Crippen LogP contribution in [0.25, 0.3) is 0 Å². The summed E-state index contributed by atoms with van der Waals surface area (Å²) in [5.41, 5.74) is 2.92. The molecule has 0 radical (unpaired) electrons. The molecule has 2 aromatic carbocycles. The van der Waals surface area contributed by atoms with Crippen molar-refractivity contribution in [3.05, 3.63) is 59.2 Å². The first-order valence-corrected chi connectivity index (χ1v) is 10.7. The highest BCUT2D eigenvalue weighted by Crippen LogP contribution is 2.32. The molecule has 1 atom stereocenters. The Morgan fingerprint density at radius 3 is 2.78 bits per heavy atom. The van der Waals surface area contributed by atoms with Crippen LogP contribution in [0.3, 0.4) is 0 Å². The molecule has 27 heavy (non-hydrogen) atoms. The molecule has 1 amide bonds. The summed E-state index contributed by atoms with van der Waals surface area (Å²) in [4.78, 5) is 12.8. The second-order valence-corrected chi connectivity index (χ2v) is 8.95. The van der Waals surface area contributed by atoms with Gasteiger partial charge in [0.05, 0.1) is 24.1 Å². The summed E-state index contributed by atoms with van der Waals surface area (Å²) in [6, 6.07) is 12.8. The zero-order valence-corrected chi connectivity index (χ0v) is 16.0. The average molecular weight is 386 g/mol. The van der Waals surface area contributed by atoms with E-state index in [2.05, 4.69) is 5.32 Å². The number of fused-ring (bicyclic) bond motifs is 1. The third-order valence-electron chi connectivity index (χ3n) is 5.11. The molecule has 142 valence electrons. The fraction of sp³-hybridized carbons (Fsp3) is 0.350. The van der Waals surface area contributed by atoms with Gasteiger partial charge < -0.3 is 10.1 Å². The SMILES string of the molecule is Cc1cc(N2CCCS2(=O)=O)ccc1C(=O)NC1CCOc2ccccc21. The molecule has 6 nitrogen and oxygen atoms in total. The number of benzene rings is 2. The van der Waals surface area contributed by atoms with Crippen LogP contribution in [-0.4, -0.2) is 33.2 Å². The van der Waals surface area contributed by atoms with E-state index in [1.807, 2.05) is 31.2 Å².